The Morgan fingerprint density at radius 2 is 2.50 bits per heavy atom. The smallest absolute Gasteiger partial charge is 0.338 e. The number of carboxylic acids is 1. The van der Waals surface area contributed by atoms with Gasteiger partial charge >= 0.3 is 5.97 Å². The van der Waals surface area contributed by atoms with Crippen LogP contribution in [-0.4, -0.2) is 18.2 Å². The molecule has 0 aliphatic carbocycles. The molecule has 0 amide bonds. The number of halogens is 1. The molecule has 12 heavy (non-hydrogen) atoms. The molecule has 0 aliphatic heterocycles. The number of carboxylic acid groups (broad SMARTS) is 1. The summed E-state index contributed by atoms with van der Waals surface area (Å²) in [4.78, 5) is 11.3. The van der Waals surface area contributed by atoms with Crippen LogP contribution in [0.1, 0.15) is 11.0 Å². The summed E-state index contributed by atoms with van der Waals surface area (Å²) < 4.78 is 5.60. The maximum absolute atomic E-state index is 10.6. The second-order valence-electron chi connectivity index (χ2n) is 2.09. The Bertz CT molecular complexity index is 284. The summed E-state index contributed by atoms with van der Waals surface area (Å²) in [5, 5.41) is 10.5. The van der Waals surface area contributed by atoms with Crippen molar-refractivity contribution in [2.24, 2.45) is 0 Å². The molecule has 66 valence electrons. The summed E-state index contributed by atoms with van der Waals surface area (Å²) in [6, 6.07) is 1.80. The number of hydrogen-bond acceptors (Lipinski definition) is 3. The molecule has 0 saturated carbocycles. The van der Waals surface area contributed by atoms with Crippen molar-refractivity contribution in [1.29, 1.82) is 0 Å². The van der Waals surface area contributed by atoms with Crippen LogP contribution >= 0.6 is 27.3 Å². The number of thiophene rings is 1. The van der Waals surface area contributed by atoms with Gasteiger partial charge in [0.15, 0.2) is 6.10 Å². The van der Waals surface area contributed by atoms with E-state index in [1.807, 2.05) is 5.38 Å². The van der Waals surface area contributed by atoms with Gasteiger partial charge in [0.25, 0.3) is 0 Å². The first-order valence-corrected chi connectivity index (χ1v) is 4.82. The lowest BCUT2D eigenvalue weighted by molar-refractivity contribution is -0.148. The molecule has 1 aromatic rings. The monoisotopic (exact) mass is 250 g/mol. The van der Waals surface area contributed by atoms with Crippen molar-refractivity contribution in [2.45, 2.75) is 6.10 Å². The molecular weight excluding hydrogens is 244 g/mol. The van der Waals surface area contributed by atoms with Gasteiger partial charge in [0.05, 0.1) is 4.88 Å². The van der Waals surface area contributed by atoms with Crippen LogP contribution in [0.3, 0.4) is 0 Å². The standard InChI is InChI=1S/C7H7BrO3S/c1-11-5(7(9)10)6-4(8)2-3-12-6/h2-3,5H,1H3,(H,9,10). The minimum absolute atomic E-state index is 0.685. The highest BCUT2D eigenvalue weighted by Gasteiger charge is 2.22. The van der Waals surface area contributed by atoms with E-state index in [0.29, 0.717) is 4.88 Å². The Balaban J connectivity index is 2.94. The zero-order chi connectivity index (χ0) is 9.14. The molecule has 1 aromatic heterocycles. The second kappa shape index (κ2) is 4.02. The summed E-state index contributed by atoms with van der Waals surface area (Å²) in [5.41, 5.74) is 0. The van der Waals surface area contributed by atoms with E-state index < -0.39 is 12.1 Å². The fraction of sp³-hybridized carbons (Fsp3) is 0.286. The van der Waals surface area contributed by atoms with E-state index >= 15 is 0 Å². The number of hydrogen-bond donors (Lipinski definition) is 1. The Kier molecular flexibility index (Phi) is 3.25. The van der Waals surface area contributed by atoms with E-state index in [-0.39, 0.29) is 0 Å². The number of aliphatic carboxylic acids is 1. The molecule has 3 nitrogen and oxygen atoms in total. The predicted molar refractivity (Wildman–Crippen MR) is 49.4 cm³/mol. The average molecular weight is 251 g/mol. The van der Waals surface area contributed by atoms with Crippen LogP contribution in [0.5, 0.6) is 0 Å². The minimum atomic E-state index is -0.972. The number of rotatable bonds is 3. The largest absolute Gasteiger partial charge is 0.479 e. The van der Waals surface area contributed by atoms with Crippen LogP contribution < -0.4 is 0 Å². The van der Waals surface area contributed by atoms with E-state index in [2.05, 4.69) is 15.9 Å². The van der Waals surface area contributed by atoms with Crippen molar-refractivity contribution in [1.82, 2.24) is 0 Å². The molecule has 0 fully saturated rings. The molecule has 0 aliphatic rings. The zero-order valence-corrected chi connectivity index (χ0v) is 8.68. The van der Waals surface area contributed by atoms with Crippen molar-refractivity contribution >= 4 is 33.2 Å². The van der Waals surface area contributed by atoms with Gasteiger partial charge in [0, 0.05) is 11.6 Å². The van der Waals surface area contributed by atoms with Crippen molar-refractivity contribution in [3.8, 4) is 0 Å². The van der Waals surface area contributed by atoms with Crippen molar-refractivity contribution < 1.29 is 14.6 Å². The Morgan fingerprint density at radius 1 is 1.83 bits per heavy atom. The van der Waals surface area contributed by atoms with E-state index in [9.17, 15) is 4.79 Å². The van der Waals surface area contributed by atoms with Gasteiger partial charge in [-0.15, -0.1) is 11.3 Å². The highest BCUT2D eigenvalue weighted by molar-refractivity contribution is 9.10. The van der Waals surface area contributed by atoms with Gasteiger partial charge in [0.1, 0.15) is 0 Å². The van der Waals surface area contributed by atoms with Gasteiger partial charge in [-0.1, -0.05) is 0 Å². The van der Waals surface area contributed by atoms with Gasteiger partial charge in [0.2, 0.25) is 0 Å². The fourth-order valence-corrected chi connectivity index (χ4v) is 2.46. The van der Waals surface area contributed by atoms with Gasteiger partial charge in [-0.3, -0.25) is 0 Å². The van der Waals surface area contributed by atoms with Crippen LogP contribution in [0.25, 0.3) is 0 Å². The first-order chi connectivity index (χ1) is 5.66. The van der Waals surface area contributed by atoms with E-state index in [1.165, 1.54) is 18.4 Å². The molecular formula is C7H7BrO3S. The Hall–Kier alpha value is -0.390. The number of ether oxygens (including phenoxy) is 1. The molecule has 1 atom stereocenters. The quantitative estimate of drug-likeness (QED) is 0.896. The summed E-state index contributed by atoms with van der Waals surface area (Å²) >= 11 is 4.60. The third-order valence-corrected chi connectivity index (χ3v) is 3.26. The van der Waals surface area contributed by atoms with Crippen LogP contribution in [-0.2, 0) is 9.53 Å². The van der Waals surface area contributed by atoms with Gasteiger partial charge in [-0.25, -0.2) is 4.79 Å². The van der Waals surface area contributed by atoms with Gasteiger partial charge < -0.3 is 9.84 Å². The number of methoxy groups -OCH3 is 1. The molecule has 5 heteroatoms. The fourth-order valence-electron chi connectivity index (χ4n) is 0.813. The van der Waals surface area contributed by atoms with Crippen LogP contribution in [0, 0.1) is 0 Å². The molecule has 1 rings (SSSR count). The summed E-state index contributed by atoms with van der Waals surface area (Å²) in [7, 11) is 1.38. The second-order valence-corrected chi connectivity index (χ2v) is 3.89. The summed E-state index contributed by atoms with van der Waals surface area (Å²) in [5.74, 6) is -0.972. The van der Waals surface area contributed by atoms with Crippen molar-refractivity contribution in [3.63, 3.8) is 0 Å². The average Bonchev–Trinajstić information content (AvgIpc) is 2.38. The molecule has 0 spiro atoms. The third kappa shape index (κ3) is 1.85. The Morgan fingerprint density at radius 3 is 2.83 bits per heavy atom. The first kappa shape index (κ1) is 9.70. The molecule has 1 unspecified atom stereocenters. The highest BCUT2D eigenvalue weighted by Crippen LogP contribution is 2.30. The molecule has 0 aromatic carbocycles. The normalized spacial score (nSPS) is 12.8. The molecule has 0 radical (unpaired) electrons. The highest BCUT2D eigenvalue weighted by atomic mass is 79.9. The van der Waals surface area contributed by atoms with Crippen LogP contribution in [0.15, 0.2) is 15.9 Å². The predicted octanol–water partition coefficient (Wildman–Crippen LogP) is 2.28. The van der Waals surface area contributed by atoms with E-state index in [4.69, 9.17) is 9.84 Å². The maximum atomic E-state index is 10.6. The lowest BCUT2D eigenvalue weighted by atomic mass is 10.3. The van der Waals surface area contributed by atoms with Gasteiger partial charge in [-0.05, 0) is 27.4 Å². The number of carbonyl (C=O) groups is 1. The molecule has 0 saturated heterocycles. The van der Waals surface area contributed by atoms with E-state index in [0.717, 1.165) is 4.47 Å². The topological polar surface area (TPSA) is 46.5 Å². The lowest BCUT2D eigenvalue weighted by Crippen LogP contribution is -2.12. The van der Waals surface area contributed by atoms with Gasteiger partial charge in [-0.2, -0.15) is 0 Å². The zero-order valence-electron chi connectivity index (χ0n) is 6.28. The molecule has 1 heterocycles. The third-order valence-electron chi connectivity index (χ3n) is 1.34. The first-order valence-electron chi connectivity index (χ1n) is 3.15. The molecule has 0 bridgehead atoms. The minimum Gasteiger partial charge on any atom is -0.479 e. The van der Waals surface area contributed by atoms with Crippen LogP contribution in [0.2, 0.25) is 0 Å². The summed E-state index contributed by atoms with van der Waals surface area (Å²) in [6.45, 7) is 0. The Labute approximate surface area is 82.1 Å². The summed E-state index contributed by atoms with van der Waals surface area (Å²) in [6.07, 6.45) is -0.862. The SMILES string of the molecule is COC(C(=O)O)c1sccc1Br. The molecule has 1 N–H and O–H groups in total. The van der Waals surface area contributed by atoms with E-state index in [1.54, 1.807) is 6.07 Å². The lowest BCUT2D eigenvalue weighted by Gasteiger charge is -2.07. The van der Waals surface area contributed by atoms with Crippen molar-refractivity contribution in [3.05, 3.63) is 20.8 Å². The van der Waals surface area contributed by atoms with Crippen LogP contribution in [0.4, 0.5) is 0 Å². The maximum Gasteiger partial charge on any atom is 0.338 e. The van der Waals surface area contributed by atoms with Crippen molar-refractivity contribution in [2.75, 3.05) is 7.11 Å².